The van der Waals surface area contributed by atoms with Crippen molar-refractivity contribution in [3.63, 3.8) is 0 Å². The van der Waals surface area contributed by atoms with Gasteiger partial charge in [0, 0.05) is 16.0 Å². The number of hydrogen-bond donors (Lipinski definition) is 4. The van der Waals surface area contributed by atoms with Crippen molar-refractivity contribution >= 4 is 79.8 Å². The van der Waals surface area contributed by atoms with E-state index in [-0.39, 0.29) is 58.4 Å². The Labute approximate surface area is 239 Å². The molecule has 1 aromatic heterocycles. The Hall–Kier alpha value is -2.09. The summed E-state index contributed by atoms with van der Waals surface area (Å²) in [6.45, 7) is 0.134. The van der Waals surface area contributed by atoms with Gasteiger partial charge in [-0.1, -0.05) is 23.0 Å². The van der Waals surface area contributed by atoms with Crippen LogP contribution in [0.5, 0.6) is 0 Å². The monoisotopic (exact) mass is 583 g/mol. The van der Waals surface area contributed by atoms with Gasteiger partial charge in [0.2, 0.25) is 10.0 Å². The molecular formula is C17H18N7NaO7S4. The Morgan fingerprint density at radius 3 is 2.78 bits per heavy atom. The second kappa shape index (κ2) is 12.9. The first-order valence-corrected chi connectivity index (χ1v) is 14.1. The number of oxime groups is 1. The number of carboxylic acid groups (broad SMARTS) is 1. The van der Waals surface area contributed by atoms with Gasteiger partial charge in [-0.15, -0.1) is 23.1 Å². The van der Waals surface area contributed by atoms with Gasteiger partial charge in [0.15, 0.2) is 10.8 Å². The number of thioether (sulfide) groups is 2. The molecule has 2 aliphatic heterocycles. The SMILES string of the molecule is CS(=O)(=O)NC=NC/C=C\SC1=C(C(=O)[O-])N2C(=O)C(NC(=O)/C(=N\O)c3csc(N)n3)[C@H]2SC1.[Na+]. The number of nitrogens with zero attached hydrogens (tertiary/aromatic N) is 4. The fourth-order valence-electron chi connectivity index (χ4n) is 2.91. The first-order chi connectivity index (χ1) is 16.5. The molecule has 1 saturated heterocycles. The molecule has 0 saturated carbocycles. The van der Waals surface area contributed by atoms with E-state index in [1.807, 2.05) is 0 Å². The molecule has 14 nitrogen and oxygen atoms in total. The third kappa shape index (κ3) is 7.24. The number of aliphatic imine (C=N–C) groups is 1. The van der Waals surface area contributed by atoms with Gasteiger partial charge in [-0.3, -0.25) is 24.2 Å². The van der Waals surface area contributed by atoms with Gasteiger partial charge in [0.25, 0.3) is 11.8 Å². The summed E-state index contributed by atoms with van der Waals surface area (Å²) in [5.74, 6) is -2.86. The number of carbonyl (C=O) groups excluding carboxylic acids is 3. The summed E-state index contributed by atoms with van der Waals surface area (Å²) in [6.07, 6.45) is 3.58. The summed E-state index contributed by atoms with van der Waals surface area (Å²) in [7, 11) is -3.39. The van der Waals surface area contributed by atoms with E-state index in [2.05, 4.69) is 25.2 Å². The number of nitrogens with one attached hydrogen (secondary N) is 2. The number of hydrogen-bond acceptors (Lipinski definition) is 14. The number of aromatic nitrogens is 1. The molecule has 0 bridgehead atoms. The van der Waals surface area contributed by atoms with Crippen LogP contribution in [0, 0.1) is 0 Å². The minimum Gasteiger partial charge on any atom is -0.543 e. The molecular weight excluding hydrogens is 565 g/mol. The van der Waals surface area contributed by atoms with Crippen molar-refractivity contribution in [2.45, 2.75) is 11.4 Å². The standard InChI is InChI=1S/C17H19N7O7S4.Na/c1-35(30,31)20-7-19-3-2-4-32-9-6-33-15-11(14(26)24(15)12(9)16(27)28)22-13(25)10(23-29)8-5-34-17(18)21-8;/h2,4-5,7,11,15,29H,3,6H2,1H3,(H2,18,21)(H,19,20)(H,22,25)(H,27,28);/q;+1/p-1/b4-2-,23-10-;/t11?,15-;/m1./s1. The van der Waals surface area contributed by atoms with Gasteiger partial charge in [-0.2, -0.15) is 0 Å². The van der Waals surface area contributed by atoms with Crippen molar-refractivity contribution in [3.05, 3.63) is 33.2 Å². The zero-order valence-electron chi connectivity index (χ0n) is 18.8. The summed E-state index contributed by atoms with van der Waals surface area (Å²) in [4.78, 5) is 46.1. The number of carboxylic acids is 1. The number of nitrogen functional groups attached to an aromatic ring is 1. The van der Waals surface area contributed by atoms with Crippen LogP contribution in [0.2, 0.25) is 0 Å². The van der Waals surface area contributed by atoms with Crippen LogP contribution in [0.15, 0.2) is 37.6 Å². The molecule has 1 aromatic rings. The number of aliphatic carboxylic acids is 1. The van der Waals surface area contributed by atoms with Crippen LogP contribution in [-0.2, 0) is 24.4 Å². The maximum absolute atomic E-state index is 12.7. The topological polar surface area (TPSA) is 220 Å². The quantitative estimate of drug-likeness (QED) is 0.0511. The molecule has 3 rings (SSSR count). The number of amides is 2. The van der Waals surface area contributed by atoms with Crippen molar-refractivity contribution in [1.29, 1.82) is 0 Å². The Morgan fingerprint density at radius 2 is 2.19 bits per heavy atom. The Bertz CT molecular complexity index is 1260. The second-order valence-corrected chi connectivity index (χ2v) is 11.6. The van der Waals surface area contributed by atoms with Gasteiger partial charge in [-0.05, 0) is 5.41 Å². The minimum atomic E-state index is -3.39. The van der Waals surface area contributed by atoms with E-state index in [1.54, 1.807) is 11.5 Å². The molecule has 0 aliphatic carbocycles. The van der Waals surface area contributed by atoms with Crippen LogP contribution in [0.4, 0.5) is 5.13 Å². The number of anilines is 1. The number of fused-ring (bicyclic) bond motifs is 1. The molecule has 2 atom stereocenters. The summed E-state index contributed by atoms with van der Waals surface area (Å²) in [5, 5.41) is 28.8. The van der Waals surface area contributed by atoms with Crippen molar-refractivity contribution in [1.82, 2.24) is 19.9 Å². The smallest absolute Gasteiger partial charge is 0.543 e. The van der Waals surface area contributed by atoms with Crippen LogP contribution in [0.1, 0.15) is 5.69 Å². The Morgan fingerprint density at radius 1 is 1.47 bits per heavy atom. The molecule has 0 aromatic carbocycles. The molecule has 188 valence electrons. The zero-order valence-corrected chi connectivity index (χ0v) is 24.0. The van der Waals surface area contributed by atoms with Crippen molar-refractivity contribution in [2.75, 3.05) is 24.3 Å². The average molecular weight is 584 g/mol. The Balaban J connectivity index is 0.00000456. The van der Waals surface area contributed by atoms with Crippen molar-refractivity contribution in [2.24, 2.45) is 10.1 Å². The Kier molecular flexibility index (Phi) is 10.8. The summed E-state index contributed by atoms with van der Waals surface area (Å²) < 4.78 is 24.0. The van der Waals surface area contributed by atoms with E-state index in [0.717, 1.165) is 40.6 Å². The van der Waals surface area contributed by atoms with Gasteiger partial charge >= 0.3 is 29.6 Å². The van der Waals surface area contributed by atoms with Gasteiger partial charge < -0.3 is 26.2 Å². The van der Waals surface area contributed by atoms with Gasteiger partial charge in [0.05, 0.1) is 30.8 Å². The van der Waals surface area contributed by atoms with E-state index < -0.39 is 44.9 Å². The molecule has 19 heteroatoms. The molecule has 2 amide bonds. The average Bonchev–Trinajstić information content (AvgIpc) is 3.21. The normalized spacial score (nSPS) is 20.2. The molecule has 2 aliphatic rings. The third-order valence-electron chi connectivity index (χ3n) is 4.37. The minimum absolute atomic E-state index is 0. The number of rotatable bonds is 10. The van der Waals surface area contributed by atoms with Crippen molar-refractivity contribution in [3.8, 4) is 0 Å². The van der Waals surface area contributed by atoms with Gasteiger partial charge in [-0.25, -0.2) is 13.4 Å². The molecule has 3 heterocycles. The number of thiazole rings is 1. The third-order valence-corrected chi connectivity index (χ3v) is 7.99. The molecule has 1 fully saturated rings. The second-order valence-electron chi connectivity index (χ2n) is 6.81. The van der Waals surface area contributed by atoms with Crippen LogP contribution in [0.25, 0.3) is 0 Å². The molecule has 0 radical (unpaired) electrons. The summed E-state index contributed by atoms with van der Waals surface area (Å²) >= 11 is 3.32. The maximum atomic E-state index is 12.7. The summed E-state index contributed by atoms with van der Waals surface area (Å²) in [6, 6.07) is -1.05. The van der Waals surface area contributed by atoms with E-state index >= 15 is 0 Å². The number of nitrogens with two attached hydrogens (primary N) is 1. The van der Waals surface area contributed by atoms with Crippen LogP contribution >= 0.6 is 34.9 Å². The number of sulfonamides is 1. The molecule has 36 heavy (non-hydrogen) atoms. The predicted molar refractivity (Wildman–Crippen MR) is 130 cm³/mol. The van der Waals surface area contributed by atoms with Crippen LogP contribution < -0.4 is 50.4 Å². The largest absolute Gasteiger partial charge is 1.00 e. The number of carbonyl (C=O) groups is 3. The van der Waals surface area contributed by atoms with Gasteiger partial charge in [0.1, 0.15) is 17.1 Å². The fourth-order valence-corrected chi connectivity index (χ4v) is 6.03. The van der Waals surface area contributed by atoms with Crippen LogP contribution in [-0.4, -0.2) is 83.3 Å². The molecule has 1 unspecified atom stereocenters. The van der Waals surface area contributed by atoms with E-state index in [1.165, 1.54) is 17.1 Å². The van der Waals surface area contributed by atoms with E-state index in [4.69, 9.17) is 5.73 Å². The van der Waals surface area contributed by atoms with Crippen LogP contribution in [0.3, 0.4) is 0 Å². The van der Waals surface area contributed by atoms with E-state index in [9.17, 15) is 33.1 Å². The first-order valence-electron chi connectivity index (χ1n) is 9.44. The maximum Gasteiger partial charge on any atom is 1.00 e. The first kappa shape index (κ1) is 30.1. The predicted octanol–water partition coefficient (Wildman–Crippen LogP) is -4.91. The van der Waals surface area contributed by atoms with E-state index in [0.29, 0.717) is 4.91 Å². The summed E-state index contributed by atoms with van der Waals surface area (Å²) in [5.41, 5.74) is 4.82. The van der Waals surface area contributed by atoms with Crippen molar-refractivity contribution < 1.29 is 62.7 Å². The molecule has 5 N–H and O–H groups in total. The fraction of sp³-hybridized carbons (Fsp3) is 0.294. The molecule has 0 spiro atoms. The zero-order chi connectivity index (χ0) is 25.8. The number of β-lactam (4-membered cyclic amide) rings is 1.